The number of thiophene rings is 1. The highest BCUT2D eigenvalue weighted by Gasteiger charge is 2.30. The van der Waals surface area contributed by atoms with Crippen LogP contribution >= 0.6 is 11.3 Å². The highest BCUT2D eigenvalue weighted by atomic mass is 32.1. The summed E-state index contributed by atoms with van der Waals surface area (Å²) in [6.45, 7) is 3.46. The van der Waals surface area contributed by atoms with Gasteiger partial charge in [-0.1, -0.05) is 13.8 Å². The van der Waals surface area contributed by atoms with Gasteiger partial charge in [-0.2, -0.15) is 0 Å². The summed E-state index contributed by atoms with van der Waals surface area (Å²) in [5, 5.41) is 14.9. The summed E-state index contributed by atoms with van der Waals surface area (Å²) in [6, 6.07) is 2.32. The summed E-state index contributed by atoms with van der Waals surface area (Å²) in [5.41, 5.74) is 0. The third-order valence-electron chi connectivity index (χ3n) is 3.24. The average Bonchev–Trinajstić information content (AvgIpc) is 3.16. The van der Waals surface area contributed by atoms with E-state index in [0.717, 1.165) is 24.2 Å². The van der Waals surface area contributed by atoms with Crippen LogP contribution < -0.4 is 10.6 Å². The Morgan fingerprint density at radius 1 is 1.29 bits per heavy atom. The number of rotatable bonds is 6. The summed E-state index contributed by atoms with van der Waals surface area (Å²) in [7, 11) is 0. The zero-order valence-corrected chi connectivity index (χ0v) is 12.7. The second kappa shape index (κ2) is 6.26. The van der Waals surface area contributed by atoms with E-state index in [1.165, 1.54) is 0 Å². The molecule has 1 fully saturated rings. The Balaban J connectivity index is 1.97. The third-order valence-corrected chi connectivity index (χ3v) is 4.24. The van der Waals surface area contributed by atoms with Crippen LogP contribution in [0.3, 0.4) is 0 Å². The Labute approximate surface area is 126 Å². The largest absolute Gasteiger partial charge is 0.480 e. The van der Waals surface area contributed by atoms with Crippen molar-refractivity contribution in [1.29, 1.82) is 0 Å². The number of anilines is 1. The molecule has 1 saturated carbocycles. The Kier molecular flexibility index (Phi) is 4.62. The van der Waals surface area contributed by atoms with E-state index in [9.17, 15) is 14.4 Å². The minimum absolute atomic E-state index is 0.0191. The number of hydrogen-bond acceptors (Lipinski definition) is 4. The number of carboxylic acid groups (broad SMARTS) is 1. The number of carbonyl (C=O) groups excluding carboxylic acids is 2. The normalized spacial score (nSPS) is 15.6. The fourth-order valence-electron chi connectivity index (χ4n) is 1.82. The van der Waals surface area contributed by atoms with Gasteiger partial charge in [0.05, 0.1) is 9.88 Å². The van der Waals surface area contributed by atoms with E-state index in [1.54, 1.807) is 26.0 Å². The predicted molar refractivity (Wildman–Crippen MR) is 79.4 cm³/mol. The first-order valence-electron chi connectivity index (χ1n) is 6.83. The molecule has 1 aromatic rings. The zero-order chi connectivity index (χ0) is 15.6. The van der Waals surface area contributed by atoms with Gasteiger partial charge in [-0.15, -0.1) is 11.3 Å². The van der Waals surface area contributed by atoms with Crippen LogP contribution in [0.2, 0.25) is 0 Å². The highest BCUT2D eigenvalue weighted by molar-refractivity contribution is 7.18. The average molecular weight is 310 g/mol. The SMILES string of the molecule is CC(C)[C@@H](NC(=O)c1ccc(NC(=O)C2CC2)s1)C(=O)O. The molecule has 0 spiro atoms. The maximum absolute atomic E-state index is 12.0. The van der Waals surface area contributed by atoms with Crippen molar-refractivity contribution in [3.63, 3.8) is 0 Å². The molecule has 0 saturated heterocycles. The van der Waals surface area contributed by atoms with Gasteiger partial charge in [-0.05, 0) is 30.9 Å². The Morgan fingerprint density at radius 2 is 1.95 bits per heavy atom. The van der Waals surface area contributed by atoms with Crippen LogP contribution in [-0.4, -0.2) is 28.9 Å². The van der Waals surface area contributed by atoms with Crippen LogP contribution in [0.1, 0.15) is 36.4 Å². The minimum Gasteiger partial charge on any atom is -0.480 e. The second-order valence-corrected chi connectivity index (χ2v) is 6.54. The monoisotopic (exact) mass is 310 g/mol. The molecule has 1 aromatic heterocycles. The molecule has 6 nitrogen and oxygen atoms in total. The van der Waals surface area contributed by atoms with Gasteiger partial charge in [-0.3, -0.25) is 9.59 Å². The van der Waals surface area contributed by atoms with Gasteiger partial charge in [0, 0.05) is 5.92 Å². The summed E-state index contributed by atoms with van der Waals surface area (Å²) in [6.07, 6.45) is 1.83. The van der Waals surface area contributed by atoms with Crippen LogP contribution in [0.5, 0.6) is 0 Å². The fraction of sp³-hybridized carbons (Fsp3) is 0.500. The molecule has 1 aliphatic carbocycles. The minimum atomic E-state index is -1.06. The molecular weight excluding hydrogens is 292 g/mol. The number of amides is 2. The first-order chi connectivity index (χ1) is 9.88. The Hall–Kier alpha value is -1.89. The molecular formula is C14H18N2O4S. The lowest BCUT2D eigenvalue weighted by Crippen LogP contribution is -2.44. The van der Waals surface area contributed by atoms with E-state index in [0.29, 0.717) is 9.88 Å². The van der Waals surface area contributed by atoms with Gasteiger partial charge in [-0.25, -0.2) is 4.79 Å². The standard InChI is InChI=1S/C14H18N2O4S/c1-7(2)11(14(19)20)16-13(18)9-5-6-10(21-9)15-12(17)8-3-4-8/h5-8,11H,3-4H2,1-2H3,(H,15,17)(H,16,18)(H,19,20)/t11-/m1/s1. The first-order valence-corrected chi connectivity index (χ1v) is 7.64. The summed E-state index contributed by atoms with van der Waals surface area (Å²) in [4.78, 5) is 35.1. The second-order valence-electron chi connectivity index (χ2n) is 5.46. The fourth-order valence-corrected chi connectivity index (χ4v) is 2.63. The summed E-state index contributed by atoms with van der Waals surface area (Å²) < 4.78 is 0. The van der Waals surface area contributed by atoms with Crippen LogP contribution in [-0.2, 0) is 9.59 Å². The van der Waals surface area contributed by atoms with Crippen molar-refractivity contribution < 1.29 is 19.5 Å². The first kappa shape index (κ1) is 15.5. The Bertz CT molecular complexity index is 563. The van der Waals surface area contributed by atoms with E-state index in [4.69, 9.17) is 5.11 Å². The van der Waals surface area contributed by atoms with Crippen molar-refractivity contribution in [2.75, 3.05) is 5.32 Å². The van der Waals surface area contributed by atoms with E-state index in [-0.39, 0.29) is 17.7 Å². The van der Waals surface area contributed by atoms with Crippen molar-refractivity contribution in [1.82, 2.24) is 5.32 Å². The van der Waals surface area contributed by atoms with Crippen molar-refractivity contribution in [2.45, 2.75) is 32.7 Å². The van der Waals surface area contributed by atoms with Gasteiger partial charge in [0.25, 0.3) is 5.91 Å². The lowest BCUT2D eigenvalue weighted by atomic mass is 10.0. The van der Waals surface area contributed by atoms with E-state index >= 15 is 0 Å². The van der Waals surface area contributed by atoms with Crippen LogP contribution in [0, 0.1) is 11.8 Å². The lowest BCUT2D eigenvalue weighted by Gasteiger charge is -2.17. The topological polar surface area (TPSA) is 95.5 Å². The number of hydrogen-bond donors (Lipinski definition) is 3. The molecule has 1 atom stereocenters. The van der Waals surface area contributed by atoms with E-state index in [1.807, 2.05) is 0 Å². The van der Waals surface area contributed by atoms with Crippen molar-refractivity contribution in [3.8, 4) is 0 Å². The molecule has 0 aromatic carbocycles. The number of carbonyl (C=O) groups is 3. The van der Waals surface area contributed by atoms with Crippen LogP contribution in [0.15, 0.2) is 12.1 Å². The number of carboxylic acids is 1. The highest BCUT2D eigenvalue weighted by Crippen LogP contribution is 2.31. The van der Waals surface area contributed by atoms with Gasteiger partial charge < -0.3 is 15.7 Å². The van der Waals surface area contributed by atoms with Gasteiger partial charge in [0.2, 0.25) is 5.91 Å². The molecule has 1 aliphatic rings. The molecule has 2 amide bonds. The molecule has 0 bridgehead atoms. The maximum atomic E-state index is 12.0. The molecule has 3 N–H and O–H groups in total. The summed E-state index contributed by atoms with van der Waals surface area (Å²) in [5.74, 6) is -1.62. The van der Waals surface area contributed by atoms with Gasteiger partial charge in [0.1, 0.15) is 6.04 Å². The molecule has 114 valence electrons. The quantitative estimate of drug-likeness (QED) is 0.748. The molecule has 21 heavy (non-hydrogen) atoms. The molecule has 7 heteroatoms. The molecule has 2 rings (SSSR count). The summed E-state index contributed by atoms with van der Waals surface area (Å²) >= 11 is 1.14. The van der Waals surface area contributed by atoms with Crippen LogP contribution in [0.25, 0.3) is 0 Å². The zero-order valence-electron chi connectivity index (χ0n) is 11.9. The third kappa shape index (κ3) is 4.04. The van der Waals surface area contributed by atoms with Gasteiger partial charge >= 0.3 is 5.97 Å². The Morgan fingerprint density at radius 3 is 2.48 bits per heavy atom. The van der Waals surface area contributed by atoms with E-state index in [2.05, 4.69) is 10.6 Å². The lowest BCUT2D eigenvalue weighted by molar-refractivity contribution is -0.140. The molecule has 0 unspecified atom stereocenters. The molecule has 1 heterocycles. The van der Waals surface area contributed by atoms with Crippen molar-refractivity contribution in [3.05, 3.63) is 17.0 Å². The van der Waals surface area contributed by atoms with Crippen molar-refractivity contribution >= 4 is 34.1 Å². The van der Waals surface area contributed by atoms with Crippen LogP contribution in [0.4, 0.5) is 5.00 Å². The van der Waals surface area contributed by atoms with Gasteiger partial charge in [0.15, 0.2) is 0 Å². The number of aliphatic carboxylic acids is 1. The van der Waals surface area contributed by atoms with Crippen molar-refractivity contribution in [2.24, 2.45) is 11.8 Å². The predicted octanol–water partition coefficient (Wildman–Crippen LogP) is 1.94. The maximum Gasteiger partial charge on any atom is 0.326 e. The molecule has 0 aliphatic heterocycles. The molecule has 0 radical (unpaired) electrons. The van der Waals surface area contributed by atoms with E-state index < -0.39 is 17.9 Å². The smallest absolute Gasteiger partial charge is 0.326 e. The number of nitrogens with one attached hydrogen (secondary N) is 2.